The van der Waals surface area contributed by atoms with Crippen LogP contribution in [0.2, 0.25) is 0 Å². The fraction of sp³-hybridized carbons (Fsp3) is 0.103. The Kier molecular flexibility index (Phi) is 4.27. The normalized spacial score (nSPS) is 12.9. The summed E-state index contributed by atoms with van der Waals surface area (Å²) in [6, 6.07) is 29.2. The minimum Gasteiger partial charge on any atom is -0.457 e. The van der Waals surface area contributed by atoms with E-state index in [-0.39, 0.29) is 0 Å². The monoisotopic (exact) mass is 442 g/mol. The Morgan fingerprint density at radius 2 is 1.56 bits per heavy atom. The van der Waals surface area contributed by atoms with E-state index >= 15 is 0 Å². The summed E-state index contributed by atoms with van der Waals surface area (Å²) in [6.45, 7) is 0. The van der Waals surface area contributed by atoms with Crippen LogP contribution in [0.5, 0.6) is 11.5 Å². The summed E-state index contributed by atoms with van der Waals surface area (Å²) in [4.78, 5) is 4.62. The Hall–Kier alpha value is -4.38. The molecule has 3 aromatic carbocycles. The van der Waals surface area contributed by atoms with E-state index in [0.29, 0.717) is 0 Å². The molecule has 0 fully saturated rings. The Balaban J connectivity index is 1.35. The topological polar surface area (TPSA) is 44.9 Å². The van der Waals surface area contributed by atoms with Crippen LogP contribution in [0.1, 0.15) is 17.7 Å². The number of para-hydroxylation sites is 1. The SMILES string of the molecule is c1ccc(-n2c3ccccc3c3ccc(Oc4ccc5c(c4)-n4nccc4CCC5)cc32)nc1. The third-order valence-electron chi connectivity index (χ3n) is 6.64. The number of aromatic nitrogens is 4. The van der Waals surface area contributed by atoms with Gasteiger partial charge < -0.3 is 4.74 Å². The van der Waals surface area contributed by atoms with Crippen LogP contribution in [0.15, 0.2) is 97.3 Å². The van der Waals surface area contributed by atoms with E-state index in [2.05, 4.69) is 80.0 Å². The smallest absolute Gasteiger partial charge is 0.137 e. The summed E-state index contributed by atoms with van der Waals surface area (Å²) >= 11 is 0. The molecule has 5 heteroatoms. The highest BCUT2D eigenvalue weighted by Crippen LogP contribution is 2.35. The molecule has 0 unspecified atom stereocenters. The number of fused-ring (bicyclic) bond motifs is 6. The number of hydrogen-bond donors (Lipinski definition) is 0. The number of rotatable bonds is 3. The third-order valence-corrected chi connectivity index (χ3v) is 6.64. The minimum atomic E-state index is 0.793. The molecule has 0 atom stereocenters. The highest BCUT2D eigenvalue weighted by molar-refractivity contribution is 6.09. The van der Waals surface area contributed by atoms with Crippen LogP contribution in [-0.4, -0.2) is 19.3 Å². The van der Waals surface area contributed by atoms with Crippen molar-refractivity contribution in [1.82, 2.24) is 19.3 Å². The summed E-state index contributed by atoms with van der Waals surface area (Å²) < 4.78 is 10.6. The molecule has 0 amide bonds. The van der Waals surface area contributed by atoms with Gasteiger partial charge in [0.25, 0.3) is 0 Å². The van der Waals surface area contributed by atoms with Crippen molar-refractivity contribution < 1.29 is 4.74 Å². The van der Waals surface area contributed by atoms with Crippen molar-refractivity contribution in [3.8, 4) is 23.0 Å². The average molecular weight is 443 g/mol. The molecule has 34 heavy (non-hydrogen) atoms. The summed E-state index contributed by atoms with van der Waals surface area (Å²) in [5, 5.41) is 6.94. The number of benzene rings is 3. The molecule has 3 aromatic heterocycles. The lowest BCUT2D eigenvalue weighted by molar-refractivity contribution is 0.482. The van der Waals surface area contributed by atoms with E-state index in [4.69, 9.17) is 4.74 Å². The van der Waals surface area contributed by atoms with E-state index in [1.807, 2.05) is 36.7 Å². The number of pyridine rings is 1. The Bertz CT molecular complexity index is 1660. The Morgan fingerprint density at radius 1 is 0.706 bits per heavy atom. The highest BCUT2D eigenvalue weighted by atomic mass is 16.5. The Morgan fingerprint density at radius 3 is 2.50 bits per heavy atom. The zero-order valence-corrected chi connectivity index (χ0v) is 18.6. The van der Waals surface area contributed by atoms with Gasteiger partial charge in [0.2, 0.25) is 0 Å². The zero-order valence-electron chi connectivity index (χ0n) is 18.6. The summed E-state index contributed by atoms with van der Waals surface area (Å²) in [7, 11) is 0. The lowest BCUT2D eigenvalue weighted by atomic mass is 10.1. The largest absolute Gasteiger partial charge is 0.457 e. The summed E-state index contributed by atoms with van der Waals surface area (Å²) in [5.74, 6) is 2.49. The van der Waals surface area contributed by atoms with Crippen LogP contribution in [0.4, 0.5) is 0 Å². The lowest BCUT2D eigenvalue weighted by Crippen LogP contribution is -2.02. The van der Waals surface area contributed by atoms with Crippen LogP contribution in [-0.2, 0) is 12.8 Å². The predicted octanol–water partition coefficient (Wildman–Crippen LogP) is 6.65. The molecule has 4 heterocycles. The van der Waals surface area contributed by atoms with Crippen LogP contribution in [0.3, 0.4) is 0 Å². The van der Waals surface area contributed by atoms with Crippen LogP contribution in [0.25, 0.3) is 33.3 Å². The van der Waals surface area contributed by atoms with Crippen molar-refractivity contribution in [3.05, 3.63) is 109 Å². The number of nitrogens with zero attached hydrogens (tertiary/aromatic N) is 4. The second kappa shape index (κ2) is 7.59. The van der Waals surface area contributed by atoms with Gasteiger partial charge in [-0.15, -0.1) is 0 Å². The van der Waals surface area contributed by atoms with Gasteiger partial charge in [0.15, 0.2) is 0 Å². The van der Waals surface area contributed by atoms with Gasteiger partial charge in [-0.05, 0) is 67.3 Å². The maximum absolute atomic E-state index is 6.40. The molecule has 1 aliphatic rings. The molecule has 0 N–H and O–H groups in total. The molecular weight excluding hydrogens is 420 g/mol. The second-order valence-corrected chi connectivity index (χ2v) is 8.70. The van der Waals surface area contributed by atoms with Gasteiger partial charge >= 0.3 is 0 Å². The van der Waals surface area contributed by atoms with E-state index in [0.717, 1.165) is 53.3 Å². The van der Waals surface area contributed by atoms with Crippen LogP contribution >= 0.6 is 0 Å². The number of hydrogen-bond acceptors (Lipinski definition) is 3. The molecule has 5 nitrogen and oxygen atoms in total. The standard InChI is InChI=1S/C29H22N4O/c1-2-9-26-24(8-1)25-14-13-23(19-28(25)32(26)29-10-3-4-16-30-29)34-22-12-11-20-6-5-7-21-15-17-31-33(21)27(20)18-22/h1-4,8-19H,5-7H2. The first kappa shape index (κ1) is 19.1. The van der Waals surface area contributed by atoms with Gasteiger partial charge in [0.1, 0.15) is 17.3 Å². The second-order valence-electron chi connectivity index (χ2n) is 8.70. The first-order valence-corrected chi connectivity index (χ1v) is 11.6. The van der Waals surface area contributed by atoms with Crippen molar-refractivity contribution >= 4 is 21.8 Å². The first-order chi connectivity index (χ1) is 16.8. The molecule has 1 aliphatic heterocycles. The van der Waals surface area contributed by atoms with Gasteiger partial charge in [0.05, 0.1) is 16.7 Å². The first-order valence-electron chi connectivity index (χ1n) is 11.6. The third kappa shape index (κ3) is 3.01. The highest BCUT2D eigenvalue weighted by Gasteiger charge is 2.17. The van der Waals surface area contributed by atoms with Gasteiger partial charge in [-0.3, -0.25) is 4.57 Å². The molecule has 0 radical (unpaired) electrons. The maximum atomic E-state index is 6.40. The van der Waals surface area contributed by atoms with Crippen LogP contribution in [0, 0.1) is 0 Å². The molecule has 164 valence electrons. The fourth-order valence-electron chi connectivity index (χ4n) is 5.10. The summed E-state index contributed by atoms with van der Waals surface area (Å²) in [5.41, 5.74) is 5.86. The van der Waals surface area contributed by atoms with Crippen LogP contribution < -0.4 is 4.74 Å². The van der Waals surface area contributed by atoms with Crippen molar-refractivity contribution in [2.75, 3.05) is 0 Å². The molecule has 0 spiro atoms. The van der Waals surface area contributed by atoms with Crippen molar-refractivity contribution in [1.29, 1.82) is 0 Å². The molecule has 0 saturated heterocycles. The van der Waals surface area contributed by atoms with E-state index in [1.54, 1.807) is 0 Å². The fourth-order valence-corrected chi connectivity index (χ4v) is 5.10. The lowest BCUT2D eigenvalue weighted by Gasteiger charge is -2.12. The van der Waals surface area contributed by atoms with Crippen molar-refractivity contribution in [2.45, 2.75) is 19.3 Å². The predicted molar refractivity (Wildman–Crippen MR) is 134 cm³/mol. The minimum absolute atomic E-state index is 0.793. The number of aryl methyl sites for hydroxylation is 2. The zero-order chi connectivity index (χ0) is 22.5. The summed E-state index contributed by atoms with van der Waals surface area (Å²) in [6.07, 6.45) is 6.93. The van der Waals surface area contributed by atoms with Crippen molar-refractivity contribution in [3.63, 3.8) is 0 Å². The Labute approximate surface area is 196 Å². The molecule has 0 aliphatic carbocycles. The van der Waals surface area contributed by atoms with Crippen molar-refractivity contribution in [2.24, 2.45) is 0 Å². The average Bonchev–Trinajstić information content (AvgIpc) is 3.43. The van der Waals surface area contributed by atoms with E-state index in [9.17, 15) is 0 Å². The van der Waals surface area contributed by atoms with Gasteiger partial charge in [0, 0.05) is 41.0 Å². The van der Waals surface area contributed by atoms with Gasteiger partial charge in [-0.25, -0.2) is 9.67 Å². The van der Waals surface area contributed by atoms with Gasteiger partial charge in [-0.1, -0.05) is 30.3 Å². The molecule has 0 bridgehead atoms. The van der Waals surface area contributed by atoms with Gasteiger partial charge in [-0.2, -0.15) is 5.10 Å². The number of ether oxygens (including phenoxy) is 1. The molecule has 7 rings (SSSR count). The molecule has 6 aromatic rings. The van der Waals surface area contributed by atoms with E-state index < -0.39 is 0 Å². The molecular formula is C29H22N4O. The quantitative estimate of drug-likeness (QED) is 0.308. The molecule has 0 saturated carbocycles. The maximum Gasteiger partial charge on any atom is 0.137 e. The van der Waals surface area contributed by atoms with E-state index in [1.165, 1.54) is 22.0 Å².